The maximum atomic E-state index is 12.5. The number of hydrogen-bond acceptors (Lipinski definition) is 5. The molecule has 0 saturated heterocycles. The van der Waals surface area contributed by atoms with Crippen LogP contribution >= 0.6 is 11.3 Å². The van der Waals surface area contributed by atoms with Gasteiger partial charge in [0.1, 0.15) is 4.21 Å². The molecule has 1 aromatic heterocycles. The van der Waals surface area contributed by atoms with Crippen LogP contribution in [0.1, 0.15) is 24.6 Å². The van der Waals surface area contributed by atoms with E-state index >= 15 is 0 Å². The van der Waals surface area contributed by atoms with E-state index in [0.29, 0.717) is 16.9 Å². The Morgan fingerprint density at radius 2 is 2.20 bits per heavy atom. The predicted octanol–water partition coefficient (Wildman–Crippen LogP) is 1.66. The summed E-state index contributed by atoms with van der Waals surface area (Å²) in [5, 5.41) is 3.39. The fourth-order valence-corrected chi connectivity index (χ4v) is 4.69. The van der Waals surface area contributed by atoms with E-state index in [1.807, 2.05) is 13.0 Å². The van der Waals surface area contributed by atoms with Crippen molar-refractivity contribution in [3.63, 3.8) is 0 Å². The van der Waals surface area contributed by atoms with Gasteiger partial charge in [0, 0.05) is 37.7 Å². The van der Waals surface area contributed by atoms with E-state index in [1.54, 1.807) is 20.2 Å². The normalized spacial score (nSPS) is 17.6. The molecule has 0 aliphatic heterocycles. The van der Waals surface area contributed by atoms with Gasteiger partial charge in [0.2, 0.25) is 0 Å². The lowest BCUT2D eigenvalue weighted by molar-refractivity contribution is 0.149. The number of likely N-dealkylation sites (N-methyl/N-ethyl adjacent to an activating group) is 1. The van der Waals surface area contributed by atoms with Gasteiger partial charge in [0.15, 0.2) is 0 Å². The lowest BCUT2D eigenvalue weighted by Gasteiger charge is -2.22. The summed E-state index contributed by atoms with van der Waals surface area (Å²) in [7, 11) is -0.247. The van der Waals surface area contributed by atoms with Gasteiger partial charge in [-0.25, -0.2) is 8.42 Å². The molecule has 0 radical (unpaired) electrons. The first-order valence-corrected chi connectivity index (χ1v) is 9.00. The Bertz CT molecular complexity index is 538. The SMILES string of the molecule is COCC(C)N(C)S(=O)(=O)c1ccc(CNC2CC2)s1. The summed E-state index contributed by atoms with van der Waals surface area (Å²) in [5.74, 6) is 0. The number of nitrogens with one attached hydrogen (secondary N) is 1. The van der Waals surface area contributed by atoms with Crippen LogP contribution in [0.4, 0.5) is 0 Å². The van der Waals surface area contributed by atoms with Crippen LogP contribution in [-0.4, -0.2) is 45.6 Å². The molecular weight excluding hydrogens is 296 g/mol. The van der Waals surface area contributed by atoms with Crippen LogP contribution < -0.4 is 5.32 Å². The lowest BCUT2D eigenvalue weighted by atomic mass is 10.4. The average molecular weight is 318 g/mol. The van der Waals surface area contributed by atoms with Crippen LogP contribution in [0.3, 0.4) is 0 Å². The van der Waals surface area contributed by atoms with Gasteiger partial charge in [-0.1, -0.05) is 0 Å². The summed E-state index contributed by atoms with van der Waals surface area (Å²) < 4.78 is 31.7. The van der Waals surface area contributed by atoms with Crippen molar-refractivity contribution in [2.75, 3.05) is 20.8 Å². The zero-order chi connectivity index (χ0) is 14.8. The van der Waals surface area contributed by atoms with Crippen molar-refractivity contribution in [2.45, 2.75) is 42.6 Å². The Balaban J connectivity index is 2.04. The minimum Gasteiger partial charge on any atom is -0.383 e. The summed E-state index contributed by atoms with van der Waals surface area (Å²) in [6, 6.07) is 4.03. The Labute approximate surface area is 125 Å². The highest BCUT2D eigenvalue weighted by Gasteiger charge is 2.27. The standard InChI is InChI=1S/C13H22N2O3S2/c1-10(9-18-3)15(2)20(16,17)13-7-6-12(19-13)8-14-11-4-5-11/h6-7,10-11,14H,4-5,8-9H2,1-3H3. The van der Waals surface area contributed by atoms with Crippen molar-refractivity contribution >= 4 is 21.4 Å². The zero-order valence-corrected chi connectivity index (χ0v) is 13.8. The van der Waals surface area contributed by atoms with Crippen LogP contribution in [-0.2, 0) is 21.3 Å². The van der Waals surface area contributed by atoms with Crippen molar-refractivity contribution in [1.82, 2.24) is 9.62 Å². The summed E-state index contributed by atoms with van der Waals surface area (Å²) >= 11 is 1.34. The van der Waals surface area contributed by atoms with Crippen LogP contribution in [0.5, 0.6) is 0 Å². The first-order valence-electron chi connectivity index (χ1n) is 6.74. The van der Waals surface area contributed by atoms with Gasteiger partial charge in [-0.05, 0) is 31.9 Å². The molecule has 1 heterocycles. The number of rotatable bonds is 8. The molecule has 1 unspecified atom stereocenters. The minimum atomic E-state index is -3.42. The topological polar surface area (TPSA) is 58.6 Å². The van der Waals surface area contributed by atoms with Gasteiger partial charge in [0.25, 0.3) is 10.0 Å². The van der Waals surface area contributed by atoms with E-state index < -0.39 is 10.0 Å². The smallest absolute Gasteiger partial charge is 0.252 e. The van der Waals surface area contributed by atoms with Crippen molar-refractivity contribution in [1.29, 1.82) is 0 Å². The lowest BCUT2D eigenvalue weighted by Crippen LogP contribution is -2.37. The third-order valence-corrected chi connectivity index (χ3v) is 6.97. The molecule has 5 nitrogen and oxygen atoms in total. The Hall–Kier alpha value is -0.470. The molecular formula is C13H22N2O3S2. The molecule has 1 aliphatic carbocycles. The molecule has 1 N–H and O–H groups in total. The molecule has 114 valence electrons. The molecule has 1 aliphatic rings. The van der Waals surface area contributed by atoms with Gasteiger partial charge in [-0.2, -0.15) is 4.31 Å². The van der Waals surface area contributed by atoms with E-state index in [1.165, 1.54) is 28.5 Å². The second-order valence-corrected chi connectivity index (χ2v) is 8.59. The summed E-state index contributed by atoms with van der Waals surface area (Å²) in [5.41, 5.74) is 0. The fraction of sp³-hybridized carbons (Fsp3) is 0.692. The molecule has 1 fully saturated rings. The van der Waals surface area contributed by atoms with E-state index in [0.717, 1.165) is 11.4 Å². The number of hydrogen-bond donors (Lipinski definition) is 1. The zero-order valence-electron chi connectivity index (χ0n) is 12.1. The summed E-state index contributed by atoms with van der Waals surface area (Å²) in [6.45, 7) is 2.98. The second kappa shape index (κ2) is 6.53. The molecule has 1 aromatic rings. The maximum Gasteiger partial charge on any atom is 0.252 e. The quantitative estimate of drug-likeness (QED) is 0.792. The van der Waals surface area contributed by atoms with E-state index in [9.17, 15) is 8.42 Å². The van der Waals surface area contributed by atoms with Gasteiger partial charge in [-0.3, -0.25) is 0 Å². The molecule has 1 saturated carbocycles. The van der Waals surface area contributed by atoms with Crippen LogP contribution in [0.2, 0.25) is 0 Å². The third-order valence-electron chi connectivity index (χ3n) is 3.44. The molecule has 2 rings (SSSR count). The largest absolute Gasteiger partial charge is 0.383 e. The van der Waals surface area contributed by atoms with Gasteiger partial charge < -0.3 is 10.1 Å². The van der Waals surface area contributed by atoms with Crippen LogP contribution in [0.15, 0.2) is 16.3 Å². The fourth-order valence-electron chi connectivity index (χ4n) is 1.85. The Kier molecular flexibility index (Phi) is 5.19. The monoisotopic (exact) mass is 318 g/mol. The first kappa shape index (κ1) is 15.9. The van der Waals surface area contributed by atoms with Crippen LogP contribution in [0.25, 0.3) is 0 Å². The summed E-state index contributed by atoms with van der Waals surface area (Å²) in [4.78, 5) is 1.06. The van der Waals surface area contributed by atoms with Gasteiger partial charge in [0.05, 0.1) is 6.61 Å². The van der Waals surface area contributed by atoms with Gasteiger partial charge in [-0.15, -0.1) is 11.3 Å². The van der Waals surface area contributed by atoms with Crippen molar-refractivity contribution in [3.8, 4) is 0 Å². The molecule has 0 bridgehead atoms. The molecule has 0 amide bonds. The number of methoxy groups -OCH3 is 1. The maximum absolute atomic E-state index is 12.5. The number of nitrogens with zero attached hydrogens (tertiary/aromatic N) is 1. The highest BCUT2D eigenvalue weighted by Crippen LogP contribution is 2.26. The number of thiophene rings is 1. The van der Waals surface area contributed by atoms with E-state index in [-0.39, 0.29) is 6.04 Å². The highest BCUT2D eigenvalue weighted by atomic mass is 32.2. The second-order valence-electron chi connectivity index (χ2n) is 5.20. The van der Waals surface area contributed by atoms with Crippen molar-refractivity contribution < 1.29 is 13.2 Å². The Morgan fingerprint density at radius 3 is 2.80 bits per heavy atom. The first-order chi connectivity index (χ1) is 9.45. The molecule has 20 heavy (non-hydrogen) atoms. The number of sulfonamides is 1. The minimum absolute atomic E-state index is 0.180. The average Bonchev–Trinajstić information content (AvgIpc) is 3.11. The highest BCUT2D eigenvalue weighted by molar-refractivity contribution is 7.91. The predicted molar refractivity (Wildman–Crippen MR) is 80.5 cm³/mol. The van der Waals surface area contributed by atoms with Crippen LogP contribution in [0, 0.1) is 0 Å². The summed E-state index contributed by atoms with van der Waals surface area (Å²) in [6.07, 6.45) is 2.46. The Morgan fingerprint density at radius 1 is 1.50 bits per heavy atom. The van der Waals surface area contributed by atoms with Crippen molar-refractivity contribution in [2.24, 2.45) is 0 Å². The van der Waals surface area contributed by atoms with Crippen molar-refractivity contribution in [3.05, 3.63) is 17.0 Å². The van der Waals surface area contributed by atoms with E-state index in [4.69, 9.17) is 4.74 Å². The molecule has 1 atom stereocenters. The third kappa shape index (κ3) is 3.79. The molecule has 7 heteroatoms. The molecule has 0 spiro atoms. The number of ether oxygens (including phenoxy) is 1. The van der Waals surface area contributed by atoms with E-state index in [2.05, 4.69) is 5.32 Å². The van der Waals surface area contributed by atoms with Gasteiger partial charge >= 0.3 is 0 Å². The molecule has 0 aromatic carbocycles.